The number of amides is 1. The van der Waals surface area contributed by atoms with Gasteiger partial charge in [-0.15, -0.1) is 0 Å². The van der Waals surface area contributed by atoms with Crippen LogP contribution in [-0.4, -0.2) is 51.1 Å². The molecule has 1 aliphatic heterocycles. The molecule has 3 atom stereocenters. The molecule has 1 aliphatic rings. The first-order valence-corrected chi connectivity index (χ1v) is 12.7. The van der Waals surface area contributed by atoms with Crippen LogP contribution >= 0.6 is 10.6 Å². The molecule has 2 aromatic rings. The molecule has 0 unspecified atom stereocenters. The number of aliphatic hydroxyl groups is 1. The maximum Gasteiger partial charge on any atom is 0.231 e. The summed E-state index contributed by atoms with van der Waals surface area (Å²) in [6.45, 7) is 1.87. The molecule has 0 radical (unpaired) electrons. The molecule has 3 rings (SSSR count). The van der Waals surface area contributed by atoms with Crippen LogP contribution in [0.5, 0.6) is 0 Å². The minimum atomic E-state index is -2.82. The lowest BCUT2D eigenvalue weighted by atomic mass is 9.97. The molecule has 1 amide bonds. The fourth-order valence-electron chi connectivity index (χ4n) is 4.12. The Bertz CT molecular complexity index is 972. The summed E-state index contributed by atoms with van der Waals surface area (Å²) in [7, 11) is -2.82. The first-order chi connectivity index (χ1) is 15.6. The molecule has 0 aliphatic carbocycles. The third-order valence-corrected chi connectivity index (χ3v) is 7.41. The Kier molecular flexibility index (Phi) is 8.43. The second-order valence-electron chi connectivity index (χ2n) is 8.46. The lowest BCUT2D eigenvalue weighted by molar-refractivity contribution is -0.117. The van der Waals surface area contributed by atoms with Gasteiger partial charge in [0.1, 0.15) is 11.6 Å². The Hall–Kier alpha value is -2.08. The lowest BCUT2D eigenvalue weighted by Gasteiger charge is -2.42. The van der Waals surface area contributed by atoms with E-state index in [0.29, 0.717) is 5.56 Å². The number of aliphatic hydroxyl groups excluding tert-OH is 1. The van der Waals surface area contributed by atoms with Crippen LogP contribution in [0, 0.1) is 11.6 Å². The zero-order valence-electron chi connectivity index (χ0n) is 18.4. The van der Waals surface area contributed by atoms with Gasteiger partial charge in [-0.1, -0.05) is 25.1 Å². The van der Waals surface area contributed by atoms with E-state index in [9.17, 15) is 27.8 Å². The smallest absolute Gasteiger partial charge is 0.231 e. The van der Waals surface area contributed by atoms with Gasteiger partial charge in [0.05, 0.1) is 30.2 Å². The normalized spacial score (nSPS) is 20.0. The lowest BCUT2D eigenvalue weighted by Crippen LogP contribution is -2.49. The highest BCUT2D eigenvalue weighted by Gasteiger charge is 2.31. The Morgan fingerprint density at radius 1 is 1.18 bits per heavy atom. The number of benzene rings is 2. The van der Waals surface area contributed by atoms with E-state index in [1.165, 1.54) is 12.1 Å². The highest BCUT2D eigenvalue weighted by Crippen LogP contribution is 2.50. The van der Waals surface area contributed by atoms with Crippen LogP contribution < -0.4 is 16.4 Å². The molecule has 0 saturated carbocycles. The van der Waals surface area contributed by atoms with Gasteiger partial charge in [0.15, 0.2) is 0 Å². The number of aryl methyl sites for hydroxylation is 1. The average molecular weight is 484 g/mol. The molecule has 0 fully saturated rings. The van der Waals surface area contributed by atoms with Gasteiger partial charge in [-0.05, 0) is 47.2 Å². The average Bonchev–Trinajstić information content (AvgIpc) is 2.73. The Labute approximate surface area is 193 Å². The van der Waals surface area contributed by atoms with Gasteiger partial charge >= 0.3 is 0 Å². The molecule has 182 valence electrons. The third kappa shape index (κ3) is 7.20. The van der Waals surface area contributed by atoms with Crippen molar-refractivity contribution in [3.05, 3.63) is 70.3 Å². The van der Waals surface area contributed by atoms with Crippen LogP contribution in [0.2, 0.25) is 0 Å². The zero-order valence-corrected chi connectivity index (χ0v) is 19.2. The van der Waals surface area contributed by atoms with Gasteiger partial charge in [0, 0.05) is 18.7 Å². The summed E-state index contributed by atoms with van der Waals surface area (Å²) in [5.74, 6) is -1.79. The van der Waals surface area contributed by atoms with Gasteiger partial charge in [-0.2, -0.15) is 10.6 Å². The molecule has 0 spiro atoms. The van der Waals surface area contributed by atoms with Gasteiger partial charge in [-0.25, -0.2) is 8.78 Å². The van der Waals surface area contributed by atoms with Gasteiger partial charge in [-0.3, -0.25) is 13.9 Å². The van der Waals surface area contributed by atoms with Crippen LogP contribution in [-0.2, 0) is 23.4 Å². The third-order valence-electron chi connectivity index (χ3n) is 5.77. The topological polar surface area (TPSA) is 128 Å². The molecule has 2 aromatic carbocycles. The van der Waals surface area contributed by atoms with E-state index in [-0.39, 0.29) is 37.1 Å². The van der Waals surface area contributed by atoms with Crippen molar-refractivity contribution in [2.75, 3.05) is 18.8 Å². The molecule has 0 saturated heterocycles. The van der Waals surface area contributed by atoms with Crippen molar-refractivity contribution in [1.82, 2.24) is 10.6 Å². The number of hydrogen-bond donors (Lipinski definition) is 6. The molecule has 0 aromatic heterocycles. The maximum atomic E-state index is 13.6. The summed E-state index contributed by atoms with van der Waals surface area (Å²) in [6, 6.07) is 7.89. The summed E-state index contributed by atoms with van der Waals surface area (Å²) in [4.78, 5) is 11.3. The van der Waals surface area contributed by atoms with Crippen molar-refractivity contribution in [1.29, 1.82) is 0 Å². The first kappa shape index (κ1) is 25.5. The van der Waals surface area contributed by atoms with Crippen molar-refractivity contribution in [2.45, 2.75) is 43.7 Å². The standard InChI is InChI=1S/C23H31F2N3O4S/c1-2-14-3-4-16-12-33(31,32)13-21(19(16)7-14)27-10-22(29)20(28-11-23(26)30)8-15-5-17(24)9-18(25)6-15/h3-7,9,20-22,27-29,31-32H,2,8,10-13H2,1H3,(H2,26,30)/t20-,21-,22+/m0/s1. The van der Waals surface area contributed by atoms with Crippen LogP contribution in [0.15, 0.2) is 36.4 Å². The highest BCUT2D eigenvalue weighted by atomic mass is 32.3. The van der Waals surface area contributed by atoms with Gasteiger partial charge in [0.2, 0.25) is 5.91 Å². The minimum Gasteiger partial charge on any atom is -0.390 e. The minimum absolute atomic E-state index is 0.0458. The Balaban J connectivity index is 1.75. The number of nitrogens with two attached hydrogens (primary N) is 1. The molecule has 1 heterocycles. The van der Waals surface area contributed by atoms with Crippen LogP contribution in [0.1, 0.15) is 35.2 Å². The van der Waals surface area contributed by atoms with E-state index >= 15 is 0 Å². The first-order valence-electron chi connectivity index (χ1n) is 10.8. The predicted molar refractivity (Wildman–Crippen MR) is 125 cm³/mol. The van der Waals surface area contributed by atoms with E-state index in [1.54, 1.807) is 0 Å². The second kappa shape index (κ2) is 10.9. The number of halogens is 2. The highest BCUT2D eigenvalue weighted by molar-refractivity contribution is 8.23. The summed E-state index contributed by atoms with van der Waals surface area (Å²) in [6.07, 6.45) is -0.166. The Morgan fingerprint density at radius 3 is 2.52 bits per heavy atom. The largest absolute Gasteiger partial charge is 0.390 e. The molecular weight excluding hydrogens is 452 g/mol. The molecule has 33 heavy (non-hydrogen) atoms. The monoisotopic (exact) mass is 483 g/mol. The molecule has 10 heteroatoms. The van der Waals surface area contributed by atoms with E-state index in [2.05, 4.69) is 10.6 Å². The van der Waals surface area contributed by atoms with Crippen molar-refractivity contribution in [3.8, 4) is 0 Å². The molecule has 7 N–H and O–H groups in total. The number of rotatable bonds is 10. The van der Waals surface area contributed by atoms with E-state index in [1.807, 2.05) is 25.1 Å². The fraction of sp³-hybridized carbons (Fsp3) is 0.435. The zero-order chi connectivity index (χ0) is 24.2. The van der Waals surface area contributed by atoms with Gasteiger partial charge < -0.3 is 21.5 Å². The van der Waals surface area contributed by atoms with E-state index in [4.69, 9.17) is 5.73 Å². The Morgan fingerprint density at radius 2 is 1.88 bits per heavy atom. The number of carbonyl (C=O) groups is 1. The van der Waals surface area contributed by atoms with Gasteiger partial charge in [0.25, 0.3) is 0 Å². The van der Waals surface area contributed by atoms with E-state index < -0.39 is 40.3 Å². The van der Waals surface area contributed by atoms with Crippen molar-refractivity contribution in [2.24, 2.45) is 5.73 Å². The fourth-order valence-corrected chi connectivity index (χ4v) is 5.83. The number of nitrogens with one attached hydrogen (secondary N) is 2. The quantitative estimate of drug-likeness (QED) is 0.308. The summed E-state index contributed by atoms with van der Waals surface area (Å²) < 4.78 is 48.0. The summed E-state index contributed by atoms with van der Waals surface area (Å²) in [5, 5.41) is 16.9. The van der Waals surface area contributed by atoms with Crippen molar-refractivity contribution < 1.29 is 27.8 Å². The van der Waals surface area contributed by atoms with Crippen LogP contribution in [0.25, 0.3) is 0 Å². The number of fused-ring (bicyclic) bond motifs is 1. The molecule has 0 bridgehead atoms. The second-order valence-corrected chi connectivity index (χ2v) is 10.7. The summed E-state index contributed by atoms with van der Waals surface area (Å²) in [5.41, 5.74) is 8.46. The van der Waals surface area contributed by atoms with Crippen LogP contribution in [0.3, 0.4) is 0 Å². The predicted octanol–water partition coefficient (Wildman–Crippen LogP) is 2.47. The van der Waals surface area contributed by atoms with Crippen LogP contribution in [0.4, 0.5) is 8.78 Å². The number of carbonyl (C=O) groups excluding carboxylic acids is 1. The van der Waals surface area contributed by atoms with E-state index in [0.717, 1.165) is 29.2 Å². The SMILES string of the molecule is CCc1ccc2c(c1)[C@@H](NC[C@@H](O)[C@H](Cc1cc(F)cc(F)c1)NCC(N)=O)CS(O)(O)C2. The molecule has 7 nitrogen and oxygen atoms in total. The van der Waals surface area contributed by atoms with Crippen molar-refractivity contribution in [3.63, 3.8) is 0 Å². The molecular formula is C23H31F2N3O4S. The number of hydrogen-bond acceptors (Lipinski definition) is 6. The number of primary amides is 1. The maximum absolute atomic E-state index is 13.6. The summed E-state index contributed by atoms with van der Waals surface area (Å²) >= 11 is 0. The van der Waals surface area contributed by atoms with Crippen molar-refractivity contribution >= 4 is 16.5 Å².